The molecule has 1 heterocycles. The fourth-order valence-electron chi connectivity index (χ4n) is 2.55. The highest BCUT2D eigenvalue weighted by Crippen LogP contribution is 2.29. The molecule has 0 spiro atoms. The van der Waals surface area contributed by atoms with Crippen LogP contribution in [0.25, 0.3) is 11.0 Å². The van der Waals surface area contributed by atoms with Crippen molar-refractivity contribution in [2.45, 2.75) is 0 Å². The maximum atomic E-state index is 12.3. The summed E-state index contributed by atoms with van der Waals surface area (Å²) >= 11 is 0. The first-order chi connectivity index (χ1) is 14.0. The van der Waals surface area contributed by atoms with Gasteiger partial charge in [-0.15, -0.1) is 0 Å². The molecular formula is C20H18N2O7. The minimum absolute atomic E-state index is 0.0941. The Labute approximate surface area is 165 Å². The number of hydrogen-bond acceptors (Lipinski definition) is 7. The third-order valence-corrected chi connectivity index (χ3v) is 3.87. The van der Waals surface area contributed by atoms with Gasteiger partial charge in [0.1, 0.15) is 0 Å². The minimum atomic E-state index is -1.09. The molecule has 0 saturated carbocycles. The highest BCUT2D eigenvalue weighted by Gasteiger charge is 2.14. The number of amides is 1. The summed E-state index contributed by atoms with van der Waals surface area (Å²) in [6, 6.07) is 11.7. The second kappa shape index (κ2) is 8.79. The summed E-state index contributed by atoms with van der Waals surface area (Å²) in [5.74, 6) is -0.367. The topological polar surface area (TPSA) is 120 Å². The molecule has 9 heteroatoms. The van der Waals surface area contributed by atoms with E-state index in [1.54, 1.807) is 36.4 Å². The Morgan fingerprint density at radius 2 is 1.90 bits per heavy atom. The van der Waals surface area contributed by atoms with Gasteiger partial charge in [-0.2, -0.15) is 5.10 Å². The van der Waals surface area contributed by atoms with Gasteiger partial charge in [0.05, 0.1) is 20.4 Å². The maximum absolute atomic E-state index is 12.3. The number of rotatable bonds is 8. The van der Waals surface area contributed by atoms with Gasteiger partial charge in [0.2, 0.25) is 0 Å². The number of methoxy groups -OCH3 is 2. The van der Waals surface area contributed by atoms with E-state index >= 15 is 0 Å². The van der Waals surface area contributed by atoms with Crippen LogP contribution in [0, 0.1) is 0 Å². The number of nitrogens with one attached hydrogen (secondary N) is 1. The van der Waals surface area contributed by atoms with Crippen LogP contribution in [0.15, 0.2) is 52.0 Å². The van der Waals surface area contributed by atoms with E-state index in [0.717, 1.165) is 5.39 Å². The molecule has 0 aliphatic carbocycles. The van der Waals surface area contributed by atoms with Crippen molar-refractivity contribution < 1.29 is 33.3 Å². The maximum Gasteiger partial charge on any atom is 0.341 e. The van der Waals surface area contributed by atoms with E-state index in [4.69, 9.17) is 23.7 Å². The molecule has 9 nitrogen and oxygen atoms in total. The molecular weight excluding hydrogens is 380 g/mol. The average molecular weight is 398 g/mol. The molecule has 0 saturated heterocycles. The second-order valence-corrected chi connectivity index (χ2v) is 5.78. The Kier molecular flexibility index (Phi) is 5.98. The number of carboxylic acid groups (broad SMARTS) is 1. The van der Waals surface area contributed by atoms with Gasteiger partial charge in [-0.05, 0) is 35.9 Å². The summed E-state index contributed by atoms with van der Waals surface area (Å²) in [6.07, 6.45) is 1.41. The molecule has 3 rings (SSSR count). The first-order valence-corrected chi connectivity index (χ1v) is 8.44. The SMILES string of the molecule is COc1cc(C=NNC(=O)c2cc3cccc(OC)c3o2)ccc1OCC(=O)O. The average Bonchev–Trinajstić information content (AvgIpc) is 3.17. The van der Waals surface area contributed by atoms with Gasteiger partial charge in [-0.25, -0.2) is 10.2 Å². The number of benzene rings is 2. The van der Waals surface area contributed by atoms with Crippen LogP contribution in [0.4, 0.5) is 0 Å². The number of fused-ring (bicyclic) bond motifs is 1. The third-order valence-electron chi connectivity index (χ3n) is 3.87. The number of carbonyl (C=O) groups is 2. The predicted molar refractivity (Wildman–Crippen MR) is 104 cm³/mol. The van der Waals surface area contributed by atoms with E-state index in [1.165, 1.54) is 20.4 Å². The molecule has 0 aliphatic heterocycles. The summed E-state index contributed by atoms with van der Waals surface area (Å²) < 4.78 is 21.1. The van der Waals surface area contributed by atoms with Crippen LogP contribution < -0.4 is 19.6 Å². The quantitative estimate of drug-likeness (QED) is 0.442. The molecule has 0 unspecified atom stereocenters. The van der Waals surface area contributed by atoms with Crippen molar-refractivity contribution >= 4 is 29.1 Å². The van der Waals surface area contributed by atoms with Gasteiger partial charge in [0, 0.05) is 5.39 Å². The monoisotopic (exact) mass is 398 g/mol. The van der Waals surface area contributed by atoms with Crippen molar-refractivity contribution in [1.29, 1.82) is 0 Å². The zero-order valence-electron chi connectivity index (χ0n) is 15.7. The molecule has 3 aromatic rings. The first-order valence-electron chi connectivity index (χ1n) is 8.44. The fourth-order valence-corrected chi connectivity index (χ4v) is 2.55. The number of aliphatic carboxylic acids is 1. The summed E-state index contributed by atoms with van der Waals surface area (Å²) in [4.78, 5) is 22.9. The zero-order valence-corrected chi connectivity index (χ0v) is 15.7. The van der Waals surface area contributed by atoms with Crippen molar-refractivity contribution in [1.82, 2.24) is 5.43 Å². The summed E-state index contributed by atoms with van der Waals surface area (Å²) in [6.45, 7) is -0.484. The molecule has 0 radical (unpaired) electrons. The number of ether oxygens (including phenoxy) is 3. The second-order valence-electron chi connectivity index (χ2n) is 5.78. The highest BCUT2D eigenvalue weighted by molar-refractivity contribution is 5.97. The summed E-state index contributed by atoms with van der Waals surface area (Å²) in [7, 11) is 2.95. The molecule has 29 heavy (non-hydrogen) atoms. The number of furan rings is 1. The van der Waals surface area contributed by atoms with Crippen LogP contribution >= 0.6 is 0 Å². The molecule has 2 aromatic carbocycles. The van der Waals surface area contributed by atoms with Crippen molar-refractivity contribution in [3.63, 3.8) is 0 Å². The number of nitrogens with zero attached hydrogens (tertiary/aromatic N) is 1. The van der Waals surface area contributed by atoms with Gasteiger partial charge in [-0.3, -0.25) is 4.79 Å². The Bertz CT molecular complexity index is 1070. The standard InChI is InChI=1S/C20H18N2O7/c1-26-15-5-3-4-13-9-17(29-19(13)15)20(25)22-21-10-12-6-7-14(16(8-12)27-2)28-11-18(23)24/h3-10H,11H2,1-2H3,(H,22,25)(H,23,24). The zero-order chi connectivity index (χ0) is 20.8. The van der Waals surface area contributed by atoms with E-state index in [2.05, 4.69) is 10.5 Å². The molecule has 0 atom stereocenters. The normalized spacial score (nSPS) is 10.8. The van der Waals surface area contributed by atoms with Gasteiger partial charge < -0.3 is 23.7 Å². The minimum Gasteiger partial charge on any atom is -0.493 e. The van der Waals surface area contributed by atoms with Crippen LogP contribution in [-0.4, -0.2) is 44.0 Å². The Morgan fingerprint density at radius 1 is 1.10 bits per heavy atom. The number of hydrazone groups is 1. The van der Waals surface area contributed by atoms with E-state index in [9.17, 15) is 9.59 Å². The van der Waals surface area contributed by atoms with Crippen LogP contribution in [0.1, 0.15) is 16.1 Å². The number of hydrogen-bond donors (Lipinski definition) is 2. The highest BCUT2D eigenvalue weighted by atomic mass is 16.5. The van der Waals surface area contributed by atoms with Crippen molar-refractivity contribution in [2.24, 2.45) is 5.10 Å². The van der Waals surface area contributed by atoms with E-state index in [-0.39, 0.29) is 11.5 Å². The molecule has 0 bridgehead atoms. The lowest BCUT2D eigenvalue weighted by atomic mass is 10.2. The van der Waals surface area contributed by atoms with Crippen LogP contribution in [0.5, 0.6) is 17.2 Å². The number of carboxylic acids is 1. The molecule has 2 N–H and O–H groups in total. The van der Waals surface area contributed by atoms with Crippen LogP contribution in [0.2, 0.25) is 0 Å². The summed E-state index contributed by atoms with van der Waals surface area (Å²) in [5, 5.41) is 13.3. The Hall–Kier alpha value is -4.01. The lowest BCUT2D eigenvalue weighted by Gasteiger charge is -2.09. The smallest absolute Gasteiger partial charge is 0.341 e. The van der Waals surface area contributed by atoms with E-state index in [1.807, 2.05) is 6.07 Å². The summed E-state index contributed by atoms with van der Waals surface area (Å²) in [5.41, 5.74) is 3.47. The van der Waals surface area contributed by atoms with Gasteiger partial charge >= 0.3 is 11.9 Å². The van der Waals surface area contributed by atoms with Crippen LogP contribution in [-0.2, 0) is 4.79 Å². The predicted octanol–water partition coefficient (Wildman–Crippen LogP) is 2.68. The van der Waals surface area contributed by atoms with Crippen LogP contribution in [0.3, 0.4) is 0 Å². The van der Waals surface area contributed by atoms with E-state index < -0.39 is 18.5 Å². The molecule has 0 aliphatic rings. The largest absolute Gasteiger partial charge is 0.493 e. The molecule has 1 aromatic heterocycles. The number of carbonyl (C=O) groups excluding carboxylic acids is 1. The van der Waals surface area contributed by atoms with Crippen molar-refractivity contribution in [3.05, 3.63) is 53.8 Å². The third kappa shape index (κ3) is 4.64. The lowest BCUT2D eigenvalue weighted by Crippen LogP contribution is -2.16. The van der Waals surface area contributed by atoms with Gasteiger partial charge in [0.25, 0.3) is 0 Å². The molecule has 0 fully saturated rings. The number of para-hydroxylation sites is 1. The van der Waals surface area contributed by atoms with Crippen molar-refractivity contribution in [3.8, 4) is 17.2 Å². The molecule has 150 valence electrons. The Morgan fingerprint density at radius 3 is 2.62 bits per heavy atom. The van der Waals surface area contributed by atoms with Gasteiger partial charge in [0.15, 0.2) is 35.2 Å². The van der Waals surface area contributed by atoms with Crippen molar-refractivity contribution in [2.75, 3.05) is 20.8 Å². The lowest BCUT2D eigenvalue weighted by molar-refractivity contribution is -0.139. The van der Waals surface area contributed by atoms with E-state index in [0.29, 0.717) is 22.6 Å². The molecule has 1 amide bonds. The van der Waals surface area contributed by atoms with Gasteiger partial charge in [-0.1, -0.05) is 12.1 Å². The fraction of sp³-hybridized carbons (Fsp3) is 0.150. The Balaban J connectivity index is 1.69. The first kappa shape index (κ1) is 19.7.